The Morgan fingerprint density at radius 2 is 2.12 bits per heavy atom. The molecule has 100 valence electrons. The van der Waals surface area contributed by atoms with Gasteiger partial charge in [0.25, 0.3) is 0 Å². The monoisotopic (exact) mass is 247 g/mol. The zero-order valence-corrected chi connectivity index (χ0v) is 10.6. The highest BCUT2D eigenvalue weighted by atomic mass is 19.3. The second-order valence-corrected chi connectivity index (χ2v) is 5.60. The van der Waals surface area contributed by atoms with Crippen molar-refractivity contribution in [3.8, 4) is 0 Å². The lowest BCUT2D eigenvalue weighted by molar-refractivity contribution is -0.0521. The van der Waals surface area contributed by atoms with Crippen molar-refractivity contribution in [2.75, 3.05) is 19.7 Å². The number of nitrogens with one attached hydrogen (secondary N) is 1. The summed E-state index contributed by atoms with van der Waals surface area (Å²) in [6.45, 7) is 4.57. The summed E-state index contributed by atoms with van der Waals surface area (Å²) in [5.74, 6) is -1.72. The first-order valence-electron chi connectivity index (χ1n) is 6.77. The minimum atomic E-state index is -2.42. The highest BCUT2D eigenvalue weighted by Crippen LogP contribution is 2.36. The normalized spacial score (nSPS) is 37.2. The van der Waals surface area contributed by atoms with E-state index in [1.807, 2.05) is 0 Å². The van der Waals surface area contributed by atoms with Gasteiger partial charge in [-0.25, -0.2) is 8.78 Å². The molecule has 17 heavy (non-hydrogen) atoms. The number of halogens is 2. The summed E-state index contributed by atoms with van der Waals surface area (Å²) >= 11 is 0. The molecule has 1 aliphatic heterocycles. The van der Waals surface area contributed by atoms with E-state index < -0.39 is 5.92 Å². The van der Waals surface area contributed by atoms with Crippen LogP contribution in [0.3, 0.4) is 0 Å². The van der Waals surface area contributed by atoms with Gasteiger partial charge in [-0.05, 0) is 44.6 Å². The van der Waals surface area contributed by atoms with Crippen molar-refractivity contribution in [2.45, 2.75) is 51.1 Å². The van der Waals surface area contributed by atoms with Crippen LogP contribution in [0, 0.1) is 11.8 Å². The Morgan fingerprint density at radius 3 is 2.76 bits per heavy atom. The van der Waals surface area contributed by atoms with Crippen LogP contribution in [0.1, 0.15) is 39.0 Å². The molecule has 1 saturated carbocycles. The van der Waals surface area contributed by atoms with E-state index in [0.29, 0.717) is 18.4 Å². The molecule has 3 atom stereocenters. The minimum Gasteiger partial charge on any atom is -0.378 e. The maximum absolute atomic E-state index is 13.2. The molecule has 0 aromatic heterocycles. The van der Waals surface area contributed by atoms with Gasteiger partial charge in [0.1, 0.15) is 0 Å². The highest BCUT2D eigenvalue weighted by Gasteiger charge is 2.36. The molecule has 0 bridgehead atoms. The fourth-order valence-corrected chi connectivity index (χ4v) is 2.97. The van der Waals surface area contributed by atoms with Crippen LogP contribution in [0.5, 0.6) is 0 Å². The average molecular weight is 247 g/mol. The van der Waals surface area contributed by atoms with Crippen LogP contribution in [0.2, 0.25) is 0 Å². The van der Waals surface area contributed by atoms with E-state index in [4.69, 9.17) is 4.74 Å². The van der Waals surface area contributed by atoms with Gasteiger partial charge in [0.15, 0.2) is 0 Å². The van der Waals surface area contributed by atoms with Crippen molar-refractivity contribution in [2.24, 2.45) is 11.8 Å². The number of rotatable bonds is 4. The van der Waals surface area contributed by atoms with Gasteiger partial charge >= 0.3 is 0 Å². The van der Waals surface area contributed by atoms with Crippen LogP contribution in [-0.4, -0.2) is 31.7 Å². The second kappa shape index (κ2) is 5.61. The smallest absolute Gasteiger partial charge is 0.248 e. The standard InChI is InChI=1S/C13H23F2NO/c1-10-12(4-6-17-10)9-16-8-11-3-2-5-13(14,15)7-11/h10-12,16H,2-9H2,1H3. The van der Waals surface area contributed by atoms with Gasteiger partial charge in [0.2, 0.25) is 5.92 Å². The molecule has 2 aliphatic rings. The van der Waals surface area contributed by atoms with E-state index in [1.54, 1.807) is 0 Å². The lowest BCUT2D eigenvalue weighted by Gasteiger charge is -2.29. The SMILES string of the molecule is CC1OCCC1CNCC1CCCC(F)(F)C1. The first kappa shape index (κ1) is 13.2. The molecular formula is C13H23F2NO. The molecule has 2 fully saturated rings. The van der Waals surface area contributed by atoms with E-state index in [1.165, 1.54) is 0 Å². The lowest BCUT2D eigenvalue weighted by atomic mass is 9.86. The summed E-state index contributed by atoms with van der Waals surface area (Å²) in [5.41, 5.74) is 0. The van der Waals surface area contributed by atoms with Crippen molar-refractivity contribution in [1.82, 2.24) is 5.32 Å². The van der Waals surface area contributed by atoms with Gasteiger partial charge < -0.3 is 10.1 Å². The third-order valence-electron chi connectivity index (χ3n) is 4.12. The largest absolute Gasteiger partial charge is 0.378 e. The molecule has 3 unspecified atom stereocenters. The zero-order chi connectivity index (χ0) is 12.3. The minimum absolute atomic E-state index is 0.0662. The number of alkyl halides is 2. The molecule has 2 rings (SSSR count). The van der Waals surface area contributed by atoms with E-state index in [9.17, 15) is 8.78 Å². The summed E-state index contributed by atoms with van der Waals surface area (Å²) in [5, 5.41) is 3.35. The molecular weight excluding hydrogens is 224 g/mol. The van der Waals surface area contributed by atoms with Gasteiger partial charge in [-0.2, -0.15) is 0 Å². The summed E-state index contributed by atoms with van der Waals surface area (Å²) in [6, 6.07) is 0. The number of hydrogen-bond donors (Lipinski definition) is 1. The Balaban J connectivity index is 1.64. The van der Waals surface area contributed by atoms with Crippen molar-refractivity contribution in [3.63, 3.8) is 0 Å². The predicted octanol–water partition coefficient (Wildman–Crippen LogP) is 2.83. The van der Waals surface area contributed by atoms with Gasteiger partial charge in [-0.3, -0.25) is 0 Å². The Hall–Kier alpha value is -0.220. The molecule has 0 aromatic carbocycles. The molecule has 1 saturated heterocycles. The molecule has 4 heteroatoms. The van der Waals surface area contributed by atoms with Crippen molar-refractivity contribution in [1.29, 1.82) is 0 Å². The van der Waals surface area contributed by atoms with E-state index in [2.05, 4.69) is 12.2 Å². The molecule has 1 N–H and O–H groups in total. The topological polar surface area (TPSA) is 21.3 Å². The summed E-state index contributed by atoms with van der Waals surface area (Å²) in [6.07, 6.45) is 3.17. The molecule has 0 aromatic rings. The van der Waals surface area contributed by atoms with Gasteiger partial charge in [-0.15, -0.1) is 0 Å². The van der Waals surface area contributed by atoms with E-state index in [0.717, 1.165) is 32.5 Å². The molecule has 0 spiro atoms. The quantitative estimate of drug-likeness (QED) is 0.825. The zero-order valence-electron chi connectivity index (χ0n) is 10.6. The number of ether oxygens (including phenoxy) is 1. The molecule has 0 radical (unpaired) electrons. The van der Waals surface area contributed by atoms with Crippen molar-refractivity contribution >= 4 is 0 Å². The summed E-state index contributed by atoms with van der Waals surface area (Å²) in [4.78, 5) is 0. The predicted molar refractivity (Wildman–Crippen MR) is 63.3 cm³/mol. The lowest BCUT2D eigenvalue weighted by Crippen LogP contribution is -2.35. The van der Waals surface area contributed by atoms with Crippen LogP contribution in [0.4, 0.5) is 8.78 Å². The van der Waals surface area contributed by atoms with Crippen LogP contribution in [0.25, 0.3) is 0 Å². The Labute approximate surface area is 102 Å². The van der Waals surface area contributed by atoms with Crippen LogP contribution in [-0.2, 0) is 4.74 Å². The highest BCUT2D eigenvalue weighted by molar-refractivity contribution is 4.81. The van der Waals surface area contributed by atoms with Gasteiger partial charge in [0, 0.05) is 26.0 Å². The van der Waals surface area contributed by atoms with Crippen LogP contribution >= 0.6 is 0 Å². The summed E-state index contributed by atoms with van der Waals surface area (Å²) in [7, 11) is 0. The van der Waals surface area contributed by atoms with Gasteiger partial charge in [0.05, 0.1) is 6.10 Å². The van der Waals surface area contributed by atoms with Crippen molar-refractivity contribution < 1.29 is 13.5 Å². The third kappa shape index (κ3) is 3.88. The van der Waals surface area contributed by atoms with Crippen LogP contribution < -0.4 is 5.32 Å². The summed E-state index contributed by atoms with van der Waals surface area (Å²) < 4.78 is 31.9. The fraction of sp³-hybridized carbons (Fsp3) is 1.00. The van der Waals surface area contributed by atoms with E-state index in [-0.39, 0.29) is 18.8 Å². The van der Waals surface area contributed by atoms with Crippen molar-refractivity contribution in [3.05, 3.63) is 0 Å². The second-order valence-electron chi connectivity index (χ2n) is 5.60. The maximum Gasteiger partial charge on any atom is 0.248 e. The van der Waals surface area contributed by atoms with Crippen LogP contribution in [0.15, 0.2) is 0 Å². The maximum atomic E-state index is 13.2. The third-order valence-corrected chi connectivity index (χ3v) is 4.12. The number of hydrogen-bond acceptors (Lipinski definition) is 2. The Morgan fingerprint density at radius 1 is 1.29 bits per heavy atom. The fourth-order valence-electron chi connectivity index (χ4n) is 2.97. The van der Waals surface area contributed by atoms with Gasteiger partial charge in [-0.1, -0.05) is 0 Å². The molecule has 0 amide bonds. The molecule has 1 heterocycles. The first-order valence-corrected chi connectivity index (χ1v) is 6.77. The first-order chi connectivity index (χ1) is 8.07. The average Bonchev–Trinajstić information content (AvgIpc) is 2.63. The Bertz CT molecular complexity index is 248. The molecule has 2 nitrogen and oxygen atoms in total. The van der Waals surface area contributed by atoms with E-state index >= 15 is 0 Å². The molecule has 1 aliphatic carbocycles. The Kier molecular flexibility index (Phi) is 4.36.